The Labute approximate surface area is 213 Å². The molecule has 1 saturated heterocycles. The van der Waals surface area contributed by atoms with E-state index in [1.54, 1.807) is 27.8 Å². The number of anilines is 1. The number of thiophene rings is 1. The molecule has 0 spiro atoms. The lowest BCUT2D eigenvalue weighted by atomic mass is 9.84. The van der Waals surface area contributed by atoms with Crippen LogP contribution in [-0.2, 0) is 21.4 Å². The van der Waals surface area contributed by atoms with Gasteiger partial charge in [0.15, 0.2) is 0 Å². The highest BCUT2D eigenvalue weighted by Crippen LogP contribution is 2.39. The number of carbonyl (C=O) groups excluding carboxylic acids is 1. The summed E-state index contributed by atoms with van der Waals surface area (Å²) in [4.78, 5) is 26.0. The number of pyridine rings is 1. The Hall–Kier alpha value is -3.27. The summed E-state index contributed by atoms with van der Waals surface area (Å²) in [5, 5.41) is 3.78. The summed E-state index contributed by atoms with van der Waals surface area (Å²) in [5.41, 5.74) is 2.16. The average molecular weight is 520 g/mol. The maximum absolute atomic E-state index is 13.5. The van der Waals surface area contributed by atoms with Gasteiger partial charge in [0.05, 0.1) is 10.5 Å². The maximum Gasteiger partial charge on any atom is 0.259 e. The first kappa shape index (κ1) is 23.1. The second-order valence-corrected chi connectivity index (χ2v) is 12.6. The van der Waals surface area contributed by atoms with Crippen molar-refractivity contribution in [2.75, 3.05) is 18.4 Å². The number of amides is 1. The zero-order chi connectivity index (χ0) is 25.0. The van der Waals surface area contributed by atoms with Gasteiger partial charge in [0.25, 0.3) is 5.56 Å². The van der Waals surface area contributed by atoms with Crippen molar-refractivity contribution in [1.82, 2.24) is 8.87 Å². The highest BCUT2D eigenvalue weighted by atomic mass is 32.2. The molecule has 0 radical (unpaired) electrons. The Morgan fingerprint density at radius 3 is 2.53 bits per heavy atom. The van der Waals surface area contributed by atoms with Crippen LogP contribution in [0, 0.1) is 5.92 Å². The fourth-order valence-corrected chi connectivity index (χ4v) is 8.10. The van der Waals surface area contributed by atoms with E-state index in [2.05, 4.69) is 23.5 Å². The van der Waals surface area contributed by atoms with Gasteiger partial charge in [0, 0.05) is 53.4 Å². The first-order chi connectivity index (χ1) is 17.3. The Morgan fingerprint density at radius 2 is 1.78 bits per heavy atom. The number of benzene rings is 2. The van der Waals surface area contributed by atoms with Gasteiger partial charge in [-0.05, 0) is 66.3 Å². The van der Waals surface area contributed by atoms with E-state index in [0.29, 0.717) is 30.9 Å². The Morgan fingerprint density at radius 1 is 1.00 bits per heavy atom. The highest BCUT2D eigenvalue weighted by molar-refractivity contribution is 7.89. The topological polar surface area (TPSA) is 88.5 Å². The van der Waals surface area contributed by atoms with Crippen LogP contribution < -0.4 is 10.9 Å². The minimum atomic E-state index is -3.69. The third-order valence-corrected chi connectivity index (χ3v) is 10.1. The van der Waals surface area contributed by atoms with Crippen molar-refractivity contribution in [3.05, 3.63) is 82.8 Å². The molecule has 2 bridgehead atoms. The van der Waals surface area contributed by atoms with Crippen molar-refractivity contribution in [3.8, 4) is 10.4 Å². The van der Waals surface area contributed by atoms with Gasteiger partial charge < -0.3 is 9.88 Å². The summed E-state index contributed by atoms with van der Waals surface area (Å²) < 4.78 is 31.4. The second kappa shape index (κ2) is 8.69. The Balaban J connectivity index is 1.29. The number of nitrogens with zero attached hydrogens (tertiary/aromatic N) is 2. The van der Waals surface area contributed by atoms with Gasteiger partial charge in [-0.1, -0.05) is 18.2 Å². The van der Waals surface area contributed by atoms with Gasteiger partial charge in [0.1, 0.15) is 0 Å². The minimum Gasteiger partial charge on any atom is -0.326 e. The predicted molar refractivity (Wildman–Crippen MR) is 142 cm³/mol. The van der Waals surface area contributed by atoms with E-state index in [1.807, 2.05) is 28.8 Å². The van der Waals surface area contributed by atoms with Crippen LogP contribution in [0.4, 0.5) is 5.69 Å². The number of sulfonamides is 1. The molecule has 0 saturated carbocycles. The molecule has 2 aromatic heterocycles. The van der Waals surface area contributed by atoms with Crippen LogP contribution in [0.2, 0.25) is 0 Å². The van der Waals surface area contributed by atoms with Gasteiger partial charge in [-0.15, -0.1) is 11.3 Å². The molecule has 2 aliphatic rings. The number of hydrogen-bond donors (Lipinski definition) is 1. The van der Waals surface area contributed by atoms with Crippen LogP contribution in [0.15, 0.2) is 76.4 Å². The molecule has 0 unspecified atom stereocenters. The number of piperidine rings is 1. The molecule has 2 atom stereocenters. The molecule has 1 N–H and O–H groups in total. The van der Waals surface area contributed by atoms with Crippen molar-refractivity contribution >= 4 is 43.0 Å². The average Bonchev–Trinajstić information content (AvgIpc) is 3.28. The fraction of sp³-hybridized carbons (Fsp3) is 0.259. The molecule has 7 nitrogen and oxygen atoms in total. The molecule has 184 valence electrons. The van der Waals surface area contributed by atoms with Gasteiger partial charge in [0.2, 0.25) is 15.9 Å². The molecule has 1 amide bonds. The summed E-state index contributed by atoms with van der Waals surface area (Å²) in [6, 6.07) is 20.3. The Kier molecular flexibility index (Phi) is 5.59. The predicted octanol–water partition coefficient (Wildman–Crippen LogP) is 4.50. The van der Waals surface area contributed by atoms with Gasteiger partial charge in [-0.3, -0.25) is 9.59 Å². The molecule has 2 aromatic carbocycles. The number of rotatable bonds is 4. The lowest BCUT2D eigenvalue weighted by Crippen LogP contribution is -2.49. The zero-order valence-corrected chi connectivity index (χ0v) is 21.3. The van der Waals surface area contributed by atoms with Crippen LogP contribution in [0.5, 0.6) is 0 Å². The van der Waals surface area contributed by atoms with Crippen LogP contribution in [0.1, 0.15) is 25.0 Å². The minimum absolute atomic E-state index is 0.00127. The maximum atomic E-state index is 13.5. The van der Waals surface area contributed by atoms with E-state index in [4.69, 9.17) is 0 Å². The molecule has 2 aliphatic heterocycles. The number of aromatic nitrogens is 1. The number of carbonyl (C=O) groups is 1. The van der Waals surface area contributed by atoms with Crippen molar-refractivity contribution in [3.63, 3.8) is 0 Å². The van der Waals surface area contributed by atoms with Crippen LogP contribution in [0.25, 0.3) is 20.5 Å². The van der Waals surface area contributed by atoms with Crippen LogP contribution in [-0.4, -0.2) is 36.3 Å². The Bertz CT molecular complexity index is 1620. The zero-order valence-electron chi connectivity index (χ0n) is 19.7. The molecule has 0 aliphatic carbocycles. The van der Waals surface area contributed by atoms with E-state index in [0.717, 1.165) is 27.1 Å². The fourth-order valence-electron chi connectivity index (χ4n) is 5.46. The highest BCUT2D eigenvalue weighted by Gasteiger charge is 2.39. The van der Waals surface area contributed by atoms with Crippen molar-refractivity contribution in [2.45, 2.75) is 30.7 Å². The van der Waals surface area contributed by atoms with E-state index in [-0.39, 0.29) is 28.2 Å². The quantitative estimate of drug-likeness (QED) is 0.430. The van der Waals surface area contributed by atoms with E-state index in [9.17, 15) is 18.0 Å². The smallest absolute Gasteiger partial charge is 0.259 e. The molecule has 9 heteroatoms. The number of fused-ring (bicyclic) bond motifs is 5. The van der Waals surface area contributed by atoms with Gasteiger partial charge in [-0.2, -0.15) is 4.31 Å². The lowest BCUT2D eigenvalue weighted by molar-refractivity contribution is -0.114. The van der Waals surface area contributed by atoms with Crippen molar-refractivity contribution in [2.24, 2.45) is 5.92 Å². The van der Waals surface area contributed by atoms with Gasteiger partial charge >= 0.3 is 0 Å². The summed E-state index contributed by atoms with van der Waals surface area (Å²) in [7, 11) is -3.69. The summed E-state index contributed by atoms with van der Waals surface area (Å²) in [6.07, 6.45) is 0.870. The van der Waals surface area contributed by atoms with E-state index < -0.39 is 10.0 Å². The lowest BCUT2D eigenvalue weighted by Gasteiger charge is -2.42. The summed E-state index contributed by atoms with van der Waals surface area (Å²) in [6.45, 7) is 2.64. The SMILES string of the molecule is CC(=O)Nc1ccc(S(=O)(=O)N2C[C@H]3C[C@H](C2)c2ccc(-c4cc5ccccc5s4)c(=O)n2C3)cc1. The molecular formula is C27H25N3O4S2. The van der Waals surface area contributed by atoms with E-state index >= 15 is 0 Å². The standard InChI is InChI=1S/C27H25N3O4S2/c1-17(31)28-21-6-8-22(9-7-21)36(33,34)29-14-18-12-20(16-29)24-11-10-23(27(32)30(24)15-18)26-13-19-4-2-3-5-25(19)35-26/h2-11,13,18,20H,12,14-16H2,1H3,(H,28,31)/t18-,20-/m1/s1. The molecule has 1 fully saturated rings. The number of hydrogen-bond acceptors (Lipinski definition) is 5. The third-order valence-electron chi connectivity index (χ3n) is 7.07. The first-order valence-corrected chi connectivity index (χ1v) is 14.2. The molecule has 36 heavy (non-hydrogen) atoms. The summed E-state index contributed by atoms with van der Waals surface area (Å²) in [5.74, 6) is -0.172. The monoisotopic (exact) mass is 519 g/mol. The molecule has 4 aromatic rings. The van der Waals surface area contributed by atoms with E-state index in [1.165, 1.54) is 19.1 Å². The largest absolute Gasteiger partial charge is 0.326 e. The molecule has 6 rings (SSSR count). The van der Waals surface area contributed by atoms with Crippen LogP contribution in [0.3, 0.4) is 0 Å². The number of nitrogens with one attached hydrogen (secondary N) is 1. The first-order valence-electron chi connectivity index (χ1n) is 11.9. The second-order valence-electron chi connectivity index (χ2n) is 9.56. The summed E-state index contributed by atoms with van der Waals surface area (Å²) >= 11 is 1.62. The van der Waals surface area contributed by atoms with Crippen LogP contribution >= 0.6 is 11.3 Å². The normalized spacial score (nSPS) is 19.7. The van der Waals surface area contributed by atoms with Crippen molar-refractivity contribution in [1.29, 1.82) is 0 Å². The van der Waals surface area contributed by atoms with Gasteiger partial charge in [-0.25, -0.2) is 8.42 Å². The third kappa shape index (κ3) is 3.97. The molecule has 4 heterocycles. The van der Waals surface area contributed by atoms with Crippen molar-refractivity contribution < 1.29 is 13.2 Å². The molecular weight excluding hydrogens is 494 g/mol.